The quantitative estimate of drug-likeness (QED) is 0.346. The summed E-state index contributed by atoms with van der Waals surface area (Å²) in [6.45, 7) is 2.90. The zero-order chi connectivity index (χ0) is 18.4. The number of carboxylic acids is 1. The standard InChI is InChI=1S/C15H20Cl2N4O4/c16-14-11(20-5-7-21(18)8-6-20)2-3-12(15(14)17)25-19-10(9-22)1-4-13(23)24/h2-3,9-10,19H,1,4-8,18H2,(H,23,24)/t10-/m0/s1. The lowest BCUT2D eigenvalue weighted by Crippen LogP contribution is -2.49. The first-order valence-corrected chi connectivity index (χ1v) is 8.50. The van der Waals surface area contributed by atoms with E-state index < -0.39 is 12.0 Å². The third-order valence-electron chi connectivity index (χ3n) is 3.84. The molecule has 1 atom stereocenters. The molecule has 0 unspecified atom stereocenters. The van der Waals surface area contributed by atoms with Gasteiger partial charge in [0.2, 0.25) is 0 Å². The maximum atomic E-state index is 11.0. The van der Waals surface area contributed by atoms with Gasteiger partial charge in [-0.1, -0.05) is 23.2 Å². The van der Waals surface area contributed by atoms with Crippen LogP contribution in [0.4, 0.5) is 5.69 Å². The summed E-state index contributed by atoms with van der Waals surface area (Å²) in [5.41, 5.74) is 3.28. The Bertz CT molecular complexity index is 624. The molecule has 1 aliphatic rings. The van der Waals surface area contributed by atoms with Crippen LogP contribution in [0.5, 0.6) is 5.75 Å². The number of benzene rings is 1. The lowest BCUT2D eigenvalue weighted by Gasteiger charge is -2.34. The van der Waals surface area contributed by atoms with E-state index in [0.29, 0.717) is 11.3 Å². The molecule has 1 heterocycles. The number of carboxylic acid groups (broad SMARTS) is 1. The van der Waals surface area contributed by atoms with Crippen LogP contribution < -0.4 is 21.1 Å². The zero-order valence-corrected chi connectivity index (χ0v) is 15.0. The van der Waals surface area contributed by atoms with E-state index in [-0.39, 0.29) is 23.6 Å². The number of anilines is 1. The molecule has 138 valence electrons. The Hall–Kier alpha value is -1.58. The number of carbonyl (C=O) groups excluding carboxylic acids is 1. The van der Waals surface area contributed by atoms with E-state index in [1.54, 1.807) is 17.1 Å². The van der Waals surface area contributed by atoms with E-state index in [2.05, 4.69) is 10.4 Å². The Labute approximate surface area is 155 Å². The van der Waals surface area contributed by atoms with Crippen LogP contribution in [-0.4, -0.2) is 54.6 Å². The fourth-order valence-corrected chi connectivity index (χ4v) is 2.85. The van der Waals surface area contributed by atoms with Crippen LogP contribution in [-0.2, 0) is 9.59 Å². The third-order valence-corrected chi connectivity index (χ3v) is 4.69. The molecule has 4 N–H and O–H groups in total. The average molecular weight is 391 g/mol. The van der Waals surface area contributed by atoms with Gasteiger partial charge in [-0.15, -0.1) is 5.48 Å². The second-order valence-electron chi connectivity index (χ2n) is 5.63. The van der Waals surface area contributed by atoms with Gasteiger partial charge in [-0.05, 0) is 18.6 Å². The highest BCUT2D eigenvalue weighted by Gasteiger charge is 2.20. The molecule has 1 aromatic rings. The third kappa shape index (κ3) is 5.45. The predicted octanol–water partition coefficient (Wildman–Crippen LogP) is 1.30. The van der Waals surface area contributed by atoms with Crippen LogP contribution in [0.3, 0.4) is 0 Å². The lowest BCUT2D eigenvalue weighted by atomic mass is 10.2. The first kappa shape index (κ1) is 19.7. The van der Waals surface area contributed by atoms with Gasteiger partial charge in [0.1, 0.15) is 11.3 Å². The summed E-state index contributed by atoms with van der Waals surface area (Å²) < 4.78 is 0. The fraction of sp³-hybridized carbons (Fsp3) is 0.467. The fourth-order valence-electron chi connectivity index (χ4n) is 2.38. The van der Waals surface area contributed by atoms with Gasteiger partial charge in [0, 0.05) is 32.6 Å². The van der Waals surface area contributed by atoms with Crippen molar-refractivity contribution in [1.82, 2.24) is 10.5 Å². The van der Waals surface area contributed by atoms with Crippen molar-refractivity contribution in [2.75, 3.05) is 31.1 Å². The van der Waals surface area contributed by atoms with E-state index in [1.165, 1.54) is 0 Å². The Morgan fingerprint density at radius 2 is 2.00 bits per heavy atom. The summed E-state index contributed by atoms with van der Waals surface area (Å²) in [5.74, 6) is 5.02. The van der Waals surface area contributed by atoms with Gasteiger partial charge in [-0.3, -0.25) is 10.6 Å². The number of carbonyl (C=O) groups is 2. The van der Waals surface area contributed by atoms with Gasteiger partial charge in [0.05, 0.1) is 16.8 Å². The number of nitrogens with two attached hydrogens (primary N) is 1. The largest absolute Gasteiger partial charge is 0.481 e. The minimum absolute atomic E-state index is 0.103. The van der Waals surface area contributed by atoms with Crippen molar-refractivity contribution in [2.24, 2.45) is 5.84 Å². The number of nitrogens with one attached hydrogen (secondary N) is 1. The summed E-state index contributed by atoms with van der Waals surface area (Å²) in [7, 11) is 0. The maximum absolute atomic E-state index is 11.0. The van der Waals surface area contributed by atoms with E-state index in [0.717, 1.165) is 31.9 Å². The smallest absolute Gasteiger partial charge is 0.303 e. The van der Waals surface area contributed by atoms with Crippen molar-refractivity contribution in [3.8, 4) is 5.75 Å². The molecule has 8 nitrogen and oxygen atoms in total. The number of rotatable bonds is 8. The first-order chi connectivity index (χ1) is 11.9. The summed E-state index contributed by atoms with van der Waals surface area (Å²) in [5, 5.41) is 11.0. The first-order valence-electron chi connectivity index (χ1n) is 7.74. The number of hydroxylamine groups is 1. The molecule has 10 heteroatoms. The number of hydrogen-bond acceptors (Lipinski definition) is 7. The molecule has 25 heavy (non-hydrogen) atoms. The molecule has 1 fully saturated rings. The van der Waals surface area contributed by atoms with Crippen LogP contribution in [0.2, 0.25) is 10.0 Å². The van der Waals surface area contributed by atoms with Gasteiger partial charge in [-0.2, -0.15) is 0 Å². The summed E-state index contributed by atoms with van der Waals surface area (Å²) in [4.78, 5) is 28.9. The zero-order valence-electron chi connectivity index (χ0n) is 13.5. The van der Waals surface area contributed by atoms with Gasteiger partial charge < -0.3 is 19.6 Å². The highest BCUT2D eigenvalue weighted by Crippen LogP contribution is 2.39. The Kier molecular flexibility index (Phi) is 7.27. The van der Waals surface area contributed by atoms with Gasteiger partial charge in [-0.25, -0.2) is 5.01 Å². The lowest BCUT2D eigenvalue weighted by molar-refractivity contribution is -0.137. The Morgan fingerprint density at radius 1 is 1.32 bits per heavy atom. The molecule has 0 spiro atoms. The topological polar surface area (TPSA) is 108 Å². The molecule has 0 aliphatic carbocycles. The SMILES string of the molecule is NN1CCN(c2ccc(ON[C@H](C=O)CCC(=O)O)c(Cl)c2Cl)CC1. The van der Waals surface area contributed by atoms with Gasteiger partial charge >= 0.3 is 5.97 Å². The second-order valence-corrected chi connectivity index (χ2v) is 6.38. The molecular formula is C15H20Cl2N4O4. The number of hydrazine groups is 1. The van der Waals surface area contributed by atoms with E-state index in [4.69, 9.17) is 39.0 Å². The Balaban J connectivity index is 2.01. The van der Waals surface area contributed by atoms with Crippen molar-refractivity contribution < 1.29 is 19.5 Å². The highest BCUT2D eigenvalue weighted by molar-refractivity contribution is 6.44. The van der Waals surface area contributed by atoms with Crippen LogP contribution in [0.15, 0.2) is 12.1 Å². The van der Waals surface area contributed by atoms with E-state index >= 15 is 0 Å². The molecule has 0 amide bonds. The predicted molar refractivity (Wildman–Crippen MR) is 94.9 cm³/mol. The van der Waals surface area contributed by atoms with Crippen molar-refractivity contribution in [3.05, 3.63) is 22.2 Å². The van der Waals surface area contributed by atoms with Crippen molar-refractivity contribution >= 4 is 41.1 Å². The maximum Gasteiger partial charge on any atom is 0.303 e. The molecule has 1 aliphatic heterocycles. The Morgan fingerprint density at radius 3 is 2.60 bits per heavy atom. The molecule has 1 aromatic carbocycles. The van der Waals surface area contributed by atoms with Crippen molar-refractivity contribution in [2.45, 2.75) is 18.9 Å². The highest BCUT2D eigenvalue weighted by atomic mass is 35.5. The molecule has 0 aromatic heterocycles. The van der Waals surface area contributed by atoms with Crippen molar-refractivity contribution in [3.63, 3.8) is 0 Å². The van der Waals surface area contributed by atoms with Crippen LogP contribution in [0.1, 0.15) is 12.8 Å². The van der Waals surface area contributed by atoms with Crippen LogP contribution in [0, 0.1) is 0 Å². The van der Waals surface area contributed by atoms with Gasteiger partial charge in [0.25, 0.3) is 0 Å². The molecule has 2 rings (SSSR count). The van der Waals surface area contributed by atoms with E-state index in [9.17, 15) is 9.59 Å². The number of hydrogen-bond donors (Lipinski definition) is 3. The van der Waals surface area contributed by atoms with Crippen molar-refractivity contribution in [1.29, 1.82) is 0 Å². The minimum atomic E-state index is -0.989. The molecule has 1 saturated heterocycles. The average Bonchev–Trinajstić information content (AvgIpc) is 2.59. The van der Waals surface area contributed by atoms with Crippen LogP contribution >= 0.6 is 23.2 Å². The van der Waals surface area contributed by atoms with Crippen LogP contribution in [0.25, 0.3) is 0 Å². The summed E-state index contributed by atoms with van der Waals surface area (Å²) in [6.07, 6.45) is 0.533. The summed E-state index contributed by atoms with van der Waals surface area (Å²) >= 11 is 12.6. The molecule has 0 saturated carbocycles. The molecule has 0 bridgehead atoms. The number of halogens is 2. The molecule has 0 radical (unpaired) electrons. The van der Waals surface area contributed by atoms with E-state index in [1.807, 2.05) is 0 Å². The number of aliphatic carboxylic acids is 1. The normalized spacial score (nSPS) is 16.5. The van der Waals surface area contributed by atoms with Gasteiger partial charge in [0.15, 0.2) is 5.75 Å². The summed E-state index contributed by atoms with van der Waals surface area (Å²) in [6, 6.07) is 2.66. The number of nitrogens with zero attached hydrogens (tertiary/aromatic N) is 2. The number of piperazine rings is 1. The number of aldehydes is 1. The molecular weight excluding hydrogens is 371 g/mol. The second kappa shape index (κ2) is 9.21. The minimum Gasteiger partial charge on any atom is -0.481 e. The monoisotopic (exact) mass is 390 g/mol.